The van der Waals surface area contributed by atoms with Gasteiger partial charge >= 0.3 is 0 Å². The fourth-order valence-corrected chi connectivity index (χ4v) is 4.09. The Morgan fingerprint density at radius 2 is 1.88 bits per heavy atom. The van der Waals surface area contributed by atoms with Gasteiger partial charge in [0.1, 0.15) is 16.5 Å². The summed E-state index contributed by atoms with van der Waals surface area (Å²) in [5, 5.41) is 3.42. The molecule has 0 saturated carbocycles. The maximum Gasteiger partial charge on any atom is 0.234 e. The molecule has 0 unspecified atom stereocenters. The summed E-state index contributed by atoms with van der Waals surface area (Å²) in [5.74, 6) is -0.164. The van der Waals surface area contributed by atoms with Gasteiger partial charge in [-0.15, -0.1) is 0 Å². The summed E-state index contributed by atoms with van der Waals surface area (Å²) in [4.78, 5) is 16.6. The van der Waals surface area contributed by atoms with E-state index in [2.05, 4.69) is 17.2 Å². The second-order valence-corrected chi connectivity index (χ2v) is 7.84. The number of rotatable bonds is 6. The molecule has 0 fully saturated rings. The minimum Gasteiger partial charge on any atom is -0.389 e. The first kappa shape index (κ1) is 18.4. The molecule has 26 heavy (non-hydrogen) atoms. The molecule has 7 heteroatoms. The minimum absolute atomic E-state index is 0.101. The molecule has 0 aliphatic rings. The molecule has 2 aromatic carbocycles. The second kappa shape index (κ2) is 8.33. The third kappa shape index (κ3) is 4.62. The number of hydrogen-bond donors (Lipinski definition) is 2. The quantitative estimate of drug-likeness (QED) is 0.595. The lowest BCUT2D eigenvalue weighted by atomic mass is 10.1. The lowest BCUT2D eigenvalue weighted by Crippen LogP contribution is -2.13. The monoisotopic (exact) mass is 387 g/mol. The molecule has 0 aliphatic heterocycles. The van der Waals surface area contributed by atoms with Crippen LogP contribution in [0.25, 0.3) is 11.3 Å². The van der Waals surface area contributed by atoms with Crippen molar-refractivity contribution >= 4 is 39.7 Å². The molecule has 0 aliphatic carbocycles. The molecule has 1 aromatic heterocycles. The number of benzene rings is 2. The molecule has 3 rings (SSSR count). The number of nitrogens with two attached hydrogens (primary N) is 1. The molecular formula is C19H18FN3OS2. The number of aromatic nitrogens is 1. The van der Waals surface area contributed by atoms with Gasteiger partial charge in [0.25, 0.3) is 0 Å². The smallest absolute Gasteiger partial charge is 0.234 e. The predicted octanol–water partition coefficient (Wildman–Crippen LogP) is 4.82. The van der Waals surface area contributed by atoms with Gasteiger partial charge in [0, 0.05) is 11.3 Å². The van der Waals surface area contributed by atoms with Crippen LogP contribution in [0.3, 0.4) is 0 Å². The van der Waals surface area contributed by atoms with E-state index in [1.165, 1.54) is 40.8 Å². The average molecular weight is 388 g/mol. The first-order valence-electron chi connectivity index (χ1n) is 8.09. The summed E-state index contributed by atoms with van der Waals surface area (Å²) in [6.45, 7) is 2.09. The Bertz CT molecular complexity index is 892. The van der Waals surface area contributed by atoms with Crippen LogP contribution in [-0.2, 0) is 11.2 Å². The van der Waals surface area contributed by atoms with Gasteiger partial charge in [-0.05, 0) is 48.4 Å². The number of carbonyl (C=O) groups is 1. The van der Waals surface area contributed by atoms with Crippen molar-refractivity contribution in [3.63, 3.8) is 0 Å². The topological polar surface area (TPSA) is 68.0 Å². The van der Waals surface area contributed by atoms with E-state index >= 15 is 0 Å². The highest BCUT2D eigenvalue weighted by Gasteiger charge is 2.13. The van der Waals surface area contributed by atoms with Crippen LogP contribution in [0.2, 0.25) is 0 Å². The van der Waals surface area contributed by atoms with E-state index in [0.29, 0.717) is 15.0 Å². The standard InChI is InChI=1S/C19H18FN3OS2/c1-2-12-3-9-15(10-4-12)22-16(24)11-25-19-23-17(18(21)26-19)13-5-7-14(20)8-6-13/h3-10H,2,11,21H2,1H3,(H,22,24). The Morgan fingerprint density at radius 1 is 1.19 bits per heavy atom. The highest BCUT2D eigenvalue weighted by Crippen LogP contribution is 2.35. The predicted molar refractivity (Wildman–Crippen MR) is 107 cm³/mol. The number of anilines is 2. The molecular weight excluding hydrogens is 369 g/mol. The van der Waals surface area contributed by atoms with Gasteiger partial charge in [-0.1, -0.05) is 42.2 Å². The molecule has 4 nitrogen and oxygen atoms in total. The fraction of sp³-hybridized carbons (Fsp3) is 0.158. The lowest BCUT2D eigenvalue weighted by molar-refractivity contribution is -0.113. The average Bonchev–Trinajstić information content (AvgIpc) is 3.02. The van der Waals surface area contributed by atoms with E-state index < -0.39 is 0 Å². The van der Waals surface area contributed by atoms with Crippen LogP contribution in [0.1, 0.15) is 12.5 Å². The number of nitrogen functional groups attached to an aromatic ring is 1. The molecule has 3 N–H and O–H groups in total. The van der Waals surface area contributed by atoms with Crippen LogP contribution in [-0.4, -0.2) is 16.6 Å². The number of nitrogens with zero attached hydrogens (tertiary/aromatic N) is 1. The minimum atomic E-state index is -0.305. The number of thiazole rings is 1. The van der Waals surface area contributed by atoms with Gasteiger partial charge in [0.15, 0.2) is 4.34 Å². The number of nitrogens with one attached hydrogen (secondary N) is 1. The molecule has 0 spiro atoms. The van der Waals surface area contributed by atoms with Crippen LogP contribution in [0.4, 0.5) is 15.1 Å². The van der Waals surface area contributed by atoms with Crippen molar-refractivity contribution in [3.8, 4) is 11.3 Å². The Hall–Kier alpha value is -2.38. The number of halogens is 1. The van der Waals surface area contributed by atoms with Gasteiger partial charge < -0.3 is 11.1 Å². The van der Waals surface area contributed by atoms with E-state index in [-0.39, 0.29) is 17.5 Å². The van der Waals surface area contributed by atoms with E-state index in [1.54, 1.807) is 12.1 Å². The van der Waals surface area contributed by atoms with Gasteiger partial charge in [0.2, 0.25) is 5.91 Å². The van der Waals surface area contributed by atoms with Crippen LogP contribution in [0.15, 0.2) is 52.9 Å². The number of aryl methyl sites for hydroxylation is 1. The molecule has 3 aromatic rings. The lowest BCUT2D eigenvalue weighted by Gasteiger charge is -2.05. The maximum atomic E-state index is 13.0. The van der Waals surface area contributed by atoms with Crippen molar-refractivity contribution in [1.29, 1.82) is 0 Å². The van der Waals surface area contributed by atoms with Crippen LogP contribution < -0.4 is 11.1 Å². The molecule has 0 bridgehead atoms. The van der Waals surface area contributed by atoms with E-state index in [1.807, 2.05) is 24.3 Å². The first-order valence-corrected chi connectivity index (χ1v) is 9.89. The summed E-state index contributed by atoms with van der Waals surface area (Å²) in [6, 6.07) is 13.8. The third-order valence-electron chi connectivity index (χ3n) is 3.72. The van der Waals surface area contributed by atoms with Crippen molar-refractivity contribution in [1.82, 2.24) is 4.98 Å². The molecule has 0 saturated heterocycles. The Morgan fingerprint density at radius 3 is 2.54 bits per heavy atom. The highest BCUT2D eigenvalue weighted by molar-refractivity contribution is 8.01. The number of hydrogen-bond acceptors (Lipinski definition) is 5. The van der Waals surface area contributed by atoms with E-state index in [4.69, 9.17) is 5.73 Å². The summed E-state index contributed by atoms with van der Waals surface area (Å²) < 4.78 is 13.7. The largest absolute Gasteiger partial charge is 0.389 e. The highest BCUT2D eigenvalue weighted by atomic mass is 32.2. The molecule has 1 amide bonds. The zero-order valence-corrected chi connectivity index (χ0v) is 15.8. The van der Waals surface area contributed by atoms with Crippen molar-refractivity contribution in [3.05, 3.63) is 59.9 Å². The summed E-state index contributed by atoms with van der Waals surface area (Å²) in [5.41, 5.74) is 9.39. The van der Waals surface area contributed by atoms with Crippen molar-refractivity contribution in [2.45, 2.75) is 17.7 Å². The van der Waals surface area contributed by atoms with Crippen LogP contribution in [0.5, 0.6) is 0 Å². The second-order valence-electron chi connectivity index (χ2n) is 5.59. The number of carbonyl (C=O) groups excluding carboxylic acids is 1. The molecule has 1 heterocycles. The van der Waals surface area contributed by atoms with Crippen molar-refractivity contribution in [2.24, 2.45) is 0 Å². The van der Waals surface area contributed by atoms with Crippen LogP contribution >= 0.6 is 23.1 Å². The summed E-state index contributed by atoms with van der Waals surface area (Å²) in [6.07, 6.45) is 0.964. The van der Waals surface area contributed by atoms with Gasteiger partial charge in [-0.3, -0.25) is 4.79 Å². The zero-order valence-electron chi connectivity index (χ0n) is 14.2. The maximum absolute atomic E-state index is 13.0. The normalized spacial score (nSPS) is 10.7. The van der Waals surface area contributed by atoms with Crippen molar-refractivity contribution in [2.75, 3.05) is 16.8 Å². The molecule has 0 radical (unpaired) electrons. The van der Waals surface area contributed by atoms with Crippen LogP contribution in [0, 0.1) is 5.82 Å². The van der Waals surface area contributed by atoms with Gasteiger partial charge in [-0.25, -0.2) is 9.37 Å². The fourth-order valence-electron chi connectivity index (χ4n) is 2.34. The number of amides is 1. The van der Waals surface area contributed by atoms with Gasteiger partial charge in [-0.2, -0.15) is 0 Å². The SMILES string of the molecule is CCc1ccc(NC(=O)CSc2nc(-c3ccc(F)cc3)c(N)s2)cc1. The molecule has 134 valence electrons. The molecule has 0 atom stereocenters. The van der Waals surface area contributed by atoms with E-state index in [0.717, 1.165) is 17.7 Å². The third-order valence-corrected chi connectivity index (χ3v) is 5.75. The Labute approximate surface area is 159 Å². The summed E-state index contributed by atoms with van der Waals surface area (Å²) >= 11 is 2.65. The van der Waals surface area contributed by atoms with Crippen molar-refractivity contribution < 1.29 is 9.18 Å². The van der Waals surface area contributed by atoms with Gasteiger partial charge in [0.05, 0.1) is 5.75 Å². The first-order chi connectivity index (χ1) is 12.5. The zero-order chi connectivity index (χ0) is 18.5. The Balaban J connectivity index is 1.59. The summed E-state index contributed by atoms with van der Waals surface area (Å²) in [7, 11) is 0. The van der Waals surface area contributed by atoms with E-state index in [9.17, 15) is 9.18 Å². The number of thioether (sulfide) groups is 1. The Kier molecular flexibility index (Phi) is 5.90.